The van der Waals surface area contributed by atoms with Crippen molar-refractivity contribution < 1.29 is 14.0 Å². The van der Waals surface area contributed by atoms with Crippen LogP contribution in [0.1, 0.15) is 36.8 Å². The average molecular weight is 532 g/mol. The molecule has 0 aliphatic heterocycles. The van der Waals surface area contributed by atoms with Crippen molar-refractivity contribution in [2.24, 2.45) is 0 Å². The van der Waals surface area contributed by atoms with E-state index in [1.807, 2.05) is 12.3 Å². The molecule has 37 heavy (non-hydrogen) atoms. The highest BCUT2D eigenvalue weighted by molar-refractivity contribution is 7.13. The van der Waals surface area contributed by atoms with E-state index in [1.165, 1.54) is 28.8 Å². The van der Waals surface area contributed by atoms with Gasteiger partial charge in [-0.25, -0.2) is 4.98 Å². The molecule has 2 heterocycles. The van der Waals surface area contributed by atoms with Gasteiger partial charge in [-0.2, -0.15) is 0 Å². The number of rotatable bonds is 10. The lowest BCUT2D eigenvalue weighted by atomic mass is 10.2. The lowest BCUT2D eigenvalue weighted by Gasteiger charge is -2.43. The fraction of sp³-hybridized carbons (Fsp3) is 0.276. The molecule has 0 aliphatic carbocycles. The van der Waals surface area contributed by atoms with Crippen LogP contribution in [-0.4, -0.2) is 44.6 Å². The van der Waals surface area contributed by atoms with Crippen LogP contribution in [0.3, 0.4) is 0 Å². The summed E-state index contributed by atoms with van der Waals surface area (Å²) in [4.78, 5) is 21.1. The van der Waals surface area contributed by atoms with Crippen molar-refractivity contribution in [2.45, 2.75) is 32.2 Å². The zero-order chi connectivity index (χ0) is 26.3. The van der Waals surface area contributed by atoms with Crippen LogP contribution in [0, 0.1) is 0 Å². The Hall–Kier alpha value is -3.17. The van der Waals surface area contributed by atoms with Crippen LogP contribution in [0.4, 0.5) is 0 Å². The SMILES string of the molecule is COCNC(=O)c1csc(-c2ccc(CCO[Si](c3ccccc3)(c3ccccc3)C(C)(C)C)cn2)n1. The molecule has 0 unspecified atom stereocenters. The van der Waals surface area contributed by atoms with Crippen molar-refractivity contribution >= 4 is 35.9 Å². The highest BCUT2D eigenvalue weighted by Crippen LogP contribution is 2.36. The number of pyridine rings is 1. The van der Waals surface area contributed by atoms with Gasteiger partial charge in [-0.3, -0.25) is 9.78 Å². The largest absolute Gasteiger partial charge is 0.407 e. The maximum Gasteiger partial charge on any atom is 0.272 e. The van der Waals surface area contributed by atoms with Gasteiger partial charge >= 0.3 is 0 Å². The molecule has 8 heteroatoms. The first kappa shape index (κ1) is 26.9. The van der Waals surface area contributed by atoms with Gasteiger partial charge in [0.1, 0.15) is 17.4 Å². The standard InChI is InChI=1S/C29H33N3O3SSi/c1-29(2,3)37(23-11-7-5-8-12-23,24-13-9-6-10-14-24)35-18-17-22-15-16-25(30-19-22)28-32-26(20-36-28)27(33)31-21-34-4/h5-16,19-20H,17-18,21H2,1-4H3,(H,31,33). The second-order valence-electron chi connectivity index (χ2n) is 9.79. The lowest BCUT2D eigenvalue weighted by molar-refractivity contribution is 0.0868. The van der Waals surface area contributed by atoms with Gasteiger partial charge in [0, 0.05) is 25.3 Å². The minimum Gasteiger partial charge on any atom is -0.407 e. The Kier molecular flexibility index (Phi) is 8.66. The van der Waals surface area contributed by atoms with E-state index in [2.05, 4.69) is 103 Å². The number of methoxy groups -OCH3 is 1. The molecule has 4 rings (SSSR count). The predicted octanol–water partition coefficient (Wildman–Crippen LogP) is 4.66. The minimum absolute atomic E-state index is 0.0596. The molecule has 0 bridgehead atoms. The van der Waals surface area contributed by atoms with Gasteiger partial charge in [0.15, 0.2) is 0 Å². The minimum atomic E-state index is -2.56. The van der Waals surface area contributed by atoms with Gasteiger partial charge in [-0.1, -0.05) is 87.5 Å². The molecule has 0 saturated heterocycles. The number of carbonyl (C=O) groups is 1. The van der Waals surface area contributed by atoms with Crippen molar-refractivity contribution in [3.8, 4) is 10.7 Å². The summed E-state index contributed by atoms with van der Waals surface area (Å²) in [5.74, 6) is -0.263. The van der Waals surface area contributed by atoms with Crippen LogP contribution < -0.4 is 15.7 Å². The summed E-state index contributed by atoms with van der Waals surface area (Å²) >= 11 is 1.40. The molecular weight excluding hydrogens is 498 g/mol. The maximum atomic E-state index is 12.1. The normalized spacial score (nSPS) is 11.9. The summed E-state index contributed by atoms with van der Waals surface area (Å²) in [6, 6.07) is 25.4. The monoisotopic (exact) mass is 531 g/mol. The number of hydrogen-bond donors (Lipinski definition) is 1. The molecule has 0 saturated carbocycles. The number of thiazole rings is 1. The molecule has 6 nitrogen and oxygen atoms in total. The lowest BCUT2D eigenvalue weighted by Crippen LogP contribution is -2.66. The first-order valence-corrected chi connectivity index (χ1v) is 15.1. The Morgan fingerprint density at radius 2 is 1.62 bits per heavy atom. The fourth-order valence-electron chi connectivity index (χ4n) is 4.51. The van der Waals surface area contributed by atoms with Gasteiger partial charge in [-0.15, -0.1) is 11.3 Å². The van der Waals surface area contributed by atoms with Crippen LogP contribution in [-0.2, 0) is 15.6 Å². The van der Waals surface area contributed by atoms with Crippen molar-refractivity contribution in [1.29, 1.82) is 0 Å². The molecule has 0 spiro atoms. The van der Waals surface area contributed by atoms with Gasteiger partial charge in [-0.05, 0) is 33.5 Å². The second kappa shape index (κ2) is 11.9. The summed E-state index contributed by atoms with van der Waals surface area (Å²) in [7, 11) is -1.03. The molecule has 0 radical (unpaired) electrons. The van der Waals surface area contributed by atoms with Crippen molar-refractivity contribution in [3.63, 3.8) is 0 Å². The van der Waals surface area contributed by atoms with E-state index in [0.717, 1.165) is 17.7 Å². The molecule has 0 fully saturated rings. The van der Waals surface area contributed by atoms with Crippen molar-refractivity contribution in [1.82, 2.24) is 15.3 Å². The molecule has 2 aromatic heterocycles. The second-order valence-corrected chi connectivity index (χ2v) is 15.0. The van der Waals surface area contributed by atoms with Crippen molar-refractivity contribution in [2.75, 3.05) is 20.4 Å². The van der Waals surface area contributed by atoms with E-state index >= 15 is 0 Å². The van der Waals surface area contributed by atoms with Crippen LogP contribution >= 0.6 is 11.3 Å². The number of nitrogens with zero attached hydrogens (tertiary/aromatic N) is 2. The fourth-order valence-corrected chi connectivity index (χ4v) is 9.85. The van der Waals surface area contributed by atoms with E-state index in [1.54, 1.807) is 5.38 Å². The van der Waals surface area contributed by atoms with E-state index in [9.17, 15) is 4.79 Å². The number of amides is 1. The van der Waals surface area contributed by atoms with Crippen LogP contribution in [0.2, 0.25) is 5.04 Å². The Morgan fingerprint density at radius 3 is 2.16 bits per heavy atom. The summed E-state index contributed by atoms with van der Waals surface area (Å²) in [5.41, 5.74) is 2.20. The zero-order valence-electron chi connectivity index (χ0n) is 21.7. The topological polar surface area (TPSA) is 73.3 Å². The van der Waals surface area contributed by atoms with E-state index in [0.29, 0.717) is 17.3 Å². The van der Waals surface area contributed by atoms with E-state index in [4.69, 9.17) is 9.16 Å². The number of aromatic nitrogens is 2. The Labute approximate surface area is 223 Å². The number of hydrogen-bond acceptors (Lipinski definition) is 6. The summed E-state index contributed by atoms with van der Waals surface area (Å²) in [6.45, 7) is 7.60. The quantitative estimate of drug-likeness (QED) is 0.238. The smallest absolute Gasteiger partial charge is 0.272 e. The Morgan fingerprint density at radius 1 is 0.973 bits per heavy atom. The van der Waals surface area contributed by atoms with Crippen molar-refractivity contribution in [3.05, 3.63) is 95.6 Å². The number of benzene rings is 2. The predicted molar refractivity (Wildman–Crippen MR) is 152 cm³/mol. The molecule has 192 valence electrons. The summed E-state index contributed by atoms with van der Waals surface area (Å²) in [5, 5.41) is 7.57. The molecule has 0 atom stereocenters. The maximum absolute atomic E-state index is 12.1. The highest BCUT2D eigenvalue weighted by atomic mass is 32.1. The summed E-state index contributed by atoms with van der Waals surface area (Å²) in [6.07, 6.45) is 2.62. The molecule has 2 aromatic carbocycles. The third kappa shape index (κ3) is 6.05. The third-order valence-corrected chi connectivity index (χ3v) is 12.2. The van der Waals surface area contributed by atoms with Gasteiger partial charge in [0.25, 0.3) is 14.2 Å². The number of ether oxygens (including phenoxy) is 1. The third-order valence-electron chi connectivity index (χ3n) is 6.28. The van der Waals surface area contributed by atoms with Gasteiger partial charge < -0.3 is 14.5 Å². The van der Waals surface area contributed by atoms with Crippen LogP contribution in [0.5, 0.6) is 0 Å². The van der Waals surface area contributed by atoms with E-state index < -0.39 is 8.32 Å². The first-order chi connectivity index (χ1) is 17.8. The summed E-state index contributed by atoms with van der Waals surface area (Å²) < 4.78 is 11.9. The Bertz CT molecular complexity index is 1250. The number of carbonyl (C=O) groups excluding carboxylic acids is 1. The zero-order valence-corrected chi connectivity index (χ0v) is 23.5. The van der Waals surface area contributed by atoms with Crippen LogP contribution in [0.25, 0.3) is 10.7 Å². The van der Waals surface area contributed by atoms with Gasteiger partial charge in [0.05, 0.1) is 5.69 Å². The number of nitrogens with one attached hydrogen (secondary N) is 1. The molecule has 4 aromatic rings. The molecular formula is C29H33N3O3SSi. The average Bonchev–Trinajstić information content (AvgIpc) is 3.41. The first-order valence-electron chi connectivity index (χ1n) is 12.3. The molecule has 0 aliphatic rings. The van der Waals surface area contributed by atoms with Crippen LogP contribution in [0.15, 0.2) is 84.4 Å². The highest BCUT2D eigenvalue weighted by Gasteiger charge is 2.49. The molecule has 1 N–H and O–H groups in total. The van der Waals surface area contributed by atoms with E-state index in [-0.39, 0.29) is 17.7 Å². The van der Waals surface area contributed by atoms with Gasteiger partial charge in [0.2, 0.25) is 0 Å². The Balaban J connectivity index is 1.50. The molecule has 1 amide bonds.